The second kappa shape index (κ2) is 8.34. The van der Waals surface area contributed by atoms with Crippen molar-refractivity contribution in [2.45, 2.75) is 119 Å². The maximum atomic E-state index is 11.9. The second-order valence-corrected chi connectivity index (χ2v) is 15.1. The van der Waals surface area contributed by atoms with E-state index in [1.807, 2.05) is 6.21 Å². The summed E-state index contributed by atoms with van der Waals surface area (Å²) < 4.78 is 5.90. The van der Waals surface area contributed by atoms with Gasteiger partial charge in [0.2, 0.25) is 0 Å². The summed E-state index contributed by atoms with van der Waals surface area (Å²) >= 11 is 0. The second-order valence-electron chi connectivity index (χ2n) is 15.1. The molecule has 0 aromatic rings. The summed E-state index contributed by atoms with van der Waals surface area (Å²) in [4.78, 5) is 11.9. The van der Waals surface area contributed by atoms with Crippen LogP contribution in [0.15, 0.2) is 17.3 Å². The molecule has 5 fully saturated rings. The molecule has 0 heterocycles. The van der Waals surface area contributed by atoms with Crippen molar-refractivity contribution >= 4 is 12.2 Å². The zero-order chi connectivity index (χ0) is 26.3. The summed E-state index contributed by atoms with van der Waals surface area (Å²) in [6.45, 7) is 20.9. The van der Waals surface area contributed by atoms with E-state index in [0.717, 1.165) is 19.3 Å². The van der Waals surface area contributed by atoms with Crippen molar-refractivity contribution in [3.05, 3.63) is 12.2 Å². The highest BCUT2D eigenvalue weighted by atomic mass is 16.5. The van der Waals surface area contributed by atoms with Gasteiger partial charge in [-0.05, 0) is 117 Å². The molecule has 0 radical (unpaired) electrons. The zero-order valence-corrected chi connectivity index (χ0v) is 24.0. The van der Waals surface area contributed by atoms with E-state index < -0.39 is 0 Å². The lowest BCUT2D eigenvalue weighted by molar-refractivity contribution is -0.246. The molecule has 5 aliphatic rings. The van der Waals surface area contributed by atoms with Gasteiger partial charge >= 0.3 is 5.97 Å². The molecule has 0 amide bonds. The topological polar surface area (TPSA) is 58.9 Å². The minimum atomic E-state index is -0.133. The number of ether oxygens (including phenoxy) is 1. The number of oxime groups is 1. The maximum Gasteiger partial charge on any atom is 0.302 e. The zero-order valence-electron chi connectivity index (χ0n) is 24.0. The first kappa shape index (κ1) is 26.3. The molecule has 5 aliphatic carbocycles. The van der Waals surface area contributed by atoms with Gasteiger partial charge in [0, 0.05) is 17.8 Å². The number of rotatable bonds is 3. The third-order valence-electron chi connectivity index (χ3n) is 13.7. The quantitative estimate of drug-likeness (QED) is 0.141. The van der Waals surface area contributed by atoms with Crippen molar-refractivity contribution in [1.29, 1.82) is 0 Å². The largest absolute Gasteiger partial charge is 0.462 e. The first-order valence-electron chi connectivity index (χ1n) is 14.8. The lowest BCUT2D eigenvalue weighted by Gasteiger charge is -2.72. The number of hydrogen-bond acceptors (Lipinski definition) is 4. The van der Waals surface area contributed by atoms with Crippen LogP contribution in [0.5, 0.6) is 0 Å². The fraction of sp³-hybridized carbons (Fsp3) is 0.875. The molecule has 0 unspecified atom stereocenters. The van der Waals surface area contributed by atoms with Crippen LogP contribution in [0.2, 0.25) is 0 Å². The van der Waals surface area contributed by atoms with Crippen molar-refractivity contribution in [3.63, 3.8) is 0 Å². The van der Waals surface area contributed by atoms with Gasteiger partial charge in [-0.15, -0.1) is 5.16 Å². The monoisotopic (exact) mass is 497 g/mol. The number of carbonyl (C=O) groups is 1. The molecule has 4 nitrogen and oxygen atoms in total. The smallest absolute Gasteiger partial charge is 0.302 e. The van der Waals surface area contributed by atoms with Gasteiger partial charge < -0.3 is 9.94 Å². The van der Waals surface area contributed by atoms with Gasteiger partial charge in [-0.25, -0.2) is 0 Å². The van der Waals surface area contributed by atoms with Gasteiger partial charge in [-0.2, -0.15) is 0 Å². The molecule has 0 aromatic heterocycles. The number of hydrogen-bond donors (Lipinski definition) is 1. The van der Waals surface area contributed by atoms with E-state index >= 15 is 0 Å². The molecule has 4 heteroatoms. The Morgan fingerprint density at radius 2 is 1.61 bits per heavy atom. The summed E-state index contributed by atoms with van der Waals surface area (Å²) in [6.07, 6.45) is 13.9. The number of fused-ring (bicyclic) bond motifs is 7. The standard InChI is InChI=1S/C32H51NO3/c1-20(2)22-11-16-32(19-33-35)18-17-30(7)23(27(22)32)9-10-25-29(6)14-13-26(36-21(3)34)28(4,5)24(29)12-15-31(25,30)8/h19,22-27,35H,1,9-18H2,2-8H3/b33-19+/t22-,23+,24-,25+,26-,27+,29-,30+,31+,32+/m0/s1. The molecule has 0 spiro atoms. The molecule has 36 heavy (non-hydrogen) atoms. The van der Waals surface area contributed by atoms with E-state index in [1.165, 1.54) is 50.5 Å². The fourth-order valence-corrected chi connectivity index (χ4v) is 11.9. The van der Waals surface area contributed by atoms with Gasteiger partial charge in [0.1, 0.15) is 6.10 Å². The van der Waals surface area contributed by atoms with E-state index in [1.54, 1.807) is 6.92 Å². The van der Waals surface area contributed by atoms with Crippen LogP contribution in [0.1, 0.15) is 113 Å². The Morgan fingerprint density at radius 1 is 0.889 bits per heavy atom. The number of carbonyl (C=O) groups excluding carboxylic acids is 1. The predicted octanol–water partition coefficient (Wildman–Crippen LogP) is 8.04. The summed E-state index contributed by atoms with van der Waals surface area (Å²) in [5.74, 6) is 2.89. The molecule has 202 valence electrons. The fourth-order valence-electron chi connectivity index (χ4n) is 11.9. The Balaban J connectivity index is 1.52. The molecule has 5 rings (SSSR count). The molecule has 0 bridgehead atoms. The Bertz CT molecular complexity index is 955. The highest BCUT2D eigenvalue weighted by Crippen LogP contribution is 2.77. The first-order chi connectivity index (χ1) is 16.8. The van der Waals surface area contributed by atoms with Crippen molar-refractivity contribution in [2.75, 3.05) is 0 Å². The van der Waals surface area contributed by atoms with Gasteiger partial charge in [0.25, 0.3) is 0 Å². The van der Waals surface area contributed by atoms with E-state index in [0.29, 0.717) is 35.0 Å². The van der Waals surface area contributed by atoms with Gasteiger partial charge in [-0.1, -0.05) is 46.8 Å². The highest BCUT2D eigenvalue weighted by molar-refractivity contribution is 5.67. The van der Waals surface area contributed by atoms with Crippen LogP contribution in [0.25, 0.3) is 0 Å². The third kappa shape index (κ3) is 3.30. The molecule has 5 saturated carbocycles. The van der Waals surface area contributed by atoms with Crippen LogP contribution in [0, 0.1) is 56.7 Å². The van der Waals surface area contributed by atoms with Crippen molar-refractivity contribution in [2.24, 2.45) is 61.8 Å². The Labute approximate surface area is 219 Å². The lowest BCUT2D eigenvalue weighted by atomic mass is 9.32. The molecular formula is C32H51NO3. The maximum absolute atomic E-state index is 11.9. The van der Waals surface area contributed by atoms with Crippen LogP contribution in [-0.4, -0.2) is 23.5 Å². The van der Waals surface area contributed by atoms with Crippen LogP contribution in [-0.2, 0) is 9.53 Å². The normalized spacial score (nSPS) is 51.5. The Morgan fingerprint density at radius 3 is 2.25 bits per heavy atom. The van der Waals surface area contributed by atoms with Crippen LogP contribution in [0.3, 0.4) is 0 Å². The van der Waals surface area contributed by atoms with Gasteiger partial charge in [0.05, 0.1) is 6.21 Å². The number of allylic oxidation sites excluding steroid dienone is 1. The Kier molecular flexibility index (Phi) is 6.09. The summed E-state index contributed by atoms with van der Waals surface area (Å²) in [5, 5.41) is 13.4. The molecule has 1 N–H and O–H groups in total. The molecule has 0 aromatic carbocycles. The van der Waals surface area contributed by atoms with Crippen molar-refractivity contribution < 1.29 is 14.7 Å². The van der Waals surface area contributed by atoms with Crippen LogP contribution in [0.4, 0.5) is 0 Å². The highest BCUT2D eigenvalue weighted by Gasteiger charge is 2.71. The van der Waals surface area contributed by atoms with Crippen LogP contribution < -0.4 is 0 Å². The van der Waals surface area contributed by atoms with Gasteiger partial charge in [0.15, 0.2) is 0 Å². The molecule has 10 atom stereocenters. The SMILES string of the molecule is C=C(C)[C@@H]1CC[C@]2(/C=N/O)CC[C@]3(C)[C@H](CC[C@@H]4[C@@]5(C)CC[C@H](OC(C)=O)C(C)(C)[C@@H]5CC[C@]43C)[C@@H]12. The van der Waals surface area contributed by atoms with Crippen LogP contribution >= 0.6 is 0 Å². The summed E-state index contributed by atoms with van der Waals surface area (Å²) in [7, 11) is 0. The van der Waals surface area contributed by atoms with E-state index in [9.17, 15) is 10.0 Å². The van der Waals surface area contributed by atoms with Crippen molar-refractivity contribution in [1.82, 2.24) is 0 Å². The minimum Gasteiger partial charge on any atom is -0.462 e. The lowest BCUT2D eigenvalue weighted by Crippen LogP contribution is -2.66. The Hall–Kier alpha value is -1.32. The van der Waals surface area contributed by atoms with Crippen molar-refractivity contribution in [3.8, 4) is 0 Å². The molecular weight excluding hydrogens is 446 g/mol. The predicted molar refractivity (Wildman–Crippen MR) is 145 cm³/mol. The van der Waals surface area contributed by atoms with E-state index in [-0.39, 0.29) is 33.7 Å². The number of nitrogens with zero attached hydrogens (tertiary/aromatic N) is 1. The average Bonchev–Trinajstić information content (AvgIpc) is 3.16. The van der Waals surface area contributed by atoms with E-state index in [2.05, 4.69) is 53.3 Å². The summed E-state index contributed by atoms with van der Waals surface area (Å²) in [6, 6.07) is 0. The van der Waals surface area contributed by atoms with Gasteiger partial charge in [-0.3, -0.25) is 4.79 Å². The van der Waals surface area contributed by atoms with E-state index in [4.69, 9.17) is 4.74 Å². The number of esters is 1. The molecule has 0 aliphatic heterocycles. The molecule has 0 saturated heterocycles. The summed E-state index contributed by atoms with van der Waals surface area (Å²) in [5.41, 5.74) is 2.24. The third-order valence-corrected chi connectivity index (χ3v) is 13.7. The first-order valence-corrected chi connectivity index (χ1v) is 14.8. The average molecular weight is 498 g/mol. The minimum absolute atomic E-state index is 0.00750.